The predicted octanol–water partition coefficient (Wildman–Crippen LogP) is 3.34. The summed E-state index contributed by atoms with van der Waals surface area (Å²) in [5.74, 6) is 0.708. The van der Waals surface area contributed by atoms with Gasteiger partial charge in [0.1, 0.15) is 6.26 Å². The molecule has 2 atom stereocenters. The van der Waals surface area contributed by atoms with Crippen LogP contribution >= 0.6 is 0 Å². The number of hydrogen-bond acceptors (Lipinski definition) is 4. The van der Waals surface area contributed by atoms with Crippen LogP contribution in [0.15, 0.2) is 47.2 Å². The number of piperidine rings is 1. The Morgan fingerprint density at radius 3 is 2.62 bits per heavy atom. The van der Waals surface area contributed by atoms with E-state index >= 15 is 0 Å². The molecule has 2 amide bonds. The van der Waals surface area contributed by atoms with Crippen LogP contribution in [0.2, 0.25) is 0 Å². The van der Waals surface area contributed by atoms with Crippen LogP contribution in [0.5, 0.6) is 0 Å². The van der Waals surface area contributed by atoms with E-state index in [2.05, 4.69) is 22.6 Å². The number of ether oxygens (including phenoxy) is 1. The van der Waals surface area contributed by atoms with Gasteiger partial charge in [-0.25, -0.2) is 4.79 Å². The number of likely N-dealkylation sites (tertiary alicyclic amines) is 1. The molecule has 3 heterocycles. The van der Waals surface area contributed by atoms with E-state index in [-0.39, 0.29) is 12.1 Å². The number of urea groups is 1. The Bertz CT molecular complexity index is 690. The van der Waals surface area contributed by atoms with Crippen LogP contribution in [-0.4, -0.2) is 42.4 Å². The molecule has 0 saturated carbocycles. The minimum absolute atomic E-state index is 0.000496. The Morgan fingerprint density at radius 1 is 1.15 bits per heavy atom. The summed E-state index contributed by atoms with van der Waals surface area (Å²) >= 11 is 0. The lowest BCUT2D eigenvalue weighted by molar-refractivity contribution is 0.161. The maximum Gasteiger partial charge on any atom is 0.317 e. The normalized spacial score (nSPS) is 22.3. The number of aromatic nitrogens is 1. The van der Waals surface area contributed by atoms with Crippen molar-refractivity contribution in [2.24, 2.45) is 5.92 Å². The topological polar surface area (TPSA) is 67.6 Å². The van der Waals surface area contributed by atoms with Gasteiger partial charge in [-0.15, -0.1) is 0 Å². The van der Waals surface area contributed by atoms with E-state index in [0.717, 1.165) is 50.2 Å². The summed E-state index contributed by atoms with van der Waals surface area (Å²) in [6, 6.07) is 12.2. The molecule has 4 rings (SSSR count). The Kier molecular flexibility index (Phi) is 5.20. The summed E-state index contributed by atoms with van der Waals surface area (Å²) in [6.07, 6.45) is 4.43. The molecule has 138 valence electrons. The molecule has 1 aromatic carbocycles. The first-order chi connectivity index (χ1) is 12.8. The van der Waals surface area contributed by atoms with Gasteiger partial charge in [0, 0.05) is 37.6 Å². The number of amides is 2. The summed E-state index contributed by atoms with van der Waals surface area (Å²) < 4.78 is 10.5. The van der Waals surface area contributed by atoms with Gasteiger partial charge in [0.25, 0.3) is 0 Å². The number of carbonyl (C=O) groups is 1. The van der Waals surface area contributed by atoms with Gasteiger partial charge in [0.2, 0.25) is 0 Å². The number of nitrogens with zero attached hydrogens (tertiary/aromatic N) is 2. The first-order valence-electron chi connectivity index (χ1n) is 9.39. The van der Waals surface area contributed by atoms with Crippen molar-refractivity contribution in [2.75, 3.05) is 26.3 Å². The molecule has 6 nitrogen and oxygen atoms in total. The monoisotopic (exact) mass is 355 g/mol. The lowest BCUT2D eigenvalue weighted by atomic mass is 9.92. The van der Waals surface area contributed by atoms with E-state index in [1.54, 1.807) is 6.26 Å². The number of hydrogen-bond donors (Lipinski definition) is 1. The summed E-state index contributed by atoms with van der Waals surface area (Å²) in [4.78, 5) is 14.8. The fourth-order valence-corrected chi connectivity index (χ4v) is 3.98. The third-order valence-electron chi connectivity index (χ3n) is 5.53. The van der Waals surface area contributed by atoms with Gasteiger partial charge in [0.15, 0.2) is 0 Å². The average molecular weight is 355 g/mol. The quantitative estimate of drug-likeness (QED) is 0.913. The van der Waals surface area contributed by atoms with Gasteiger partial charge >= 0.3 is 6.03 Å². The fourth-order valence-electron chi connectivity index (χ4n) is 3.98. The molecule has 2 aliphatic rings. The smallest absolute Gasteiger partial charge is 0.317 e. The number of nitrogens with one attached hydrogen (secondary N) is 1. The number of rotatable bonds is 4. The summed E-state index contributed by atoms with van der Waals surface area (Å²) in [7, 11) is 0. The van der Waals surface area contributed by atoms with E-state index in [0.29, 0.717) is 18.4 Å². The van der Waals surface area contributed by atoms with Gasteiger partial charge in [-0.2, -0.15) is 0 Å². The lowest BCUT2D eigenvalue weighted by Gasteiger charge is -2.33. The van der Waals surface area contributed by atoms with Crippen molar-refractivity contribution < 1.29 is 14.1 Å². The fraction of sp³-hybridized carbons (Fsp3) is 0.500. The van der Waals surface area contributed by atoms with Gasteiger partial charge < -0.3 is 19.5 Å². The van der Waals surface area contributed by atoms with Crippen molar-refractivity contribution in [1.82, 2.24) is 15.4 Å². The van der Waals surface area contributed by atoms with Crippen molar-refractivity contribution in [3.05, 3.63) is 53.9 Å². The number of benzene rings is 1. The second-order valence-corrected chi connectivity index (χ2v) is 7.15. The van der Waals surface area contributed by atoms with E-state index in [1.807, 2.05) is 29.2 Å². The third-order valence-corrected chi connectivity index (χ3v) is 5.53. The minimum Gasteiger partial charge on any atom is -0.381 e. The molecule has 1 N–H and O–H groups in total. The van der Waals surface area contributed by atoms with Gasteiger partial charge in [-0.1, -0.05) is 35.5 Å². The Morgan fingerprint density at radius 2 is 1.96 bits per heavy atom. The van der Waals surface area contributed by atoms with E-state index < -0.39 is 0 Å². The average Bonchev–Trinajstić information content (AvgIpc) is 3.41. The Balaban J connectivity index is 1.39. The maximum absolute atomic E-state index is 12.9. The molecular formula is C20H25N3O3. The maximum atomic E-state index is 12.9. The van der Waals surface area contributed by atoms with E-state index in [4.69, 9.17) is 9.26 Å². The molecule has 0 bridgehead atoms. The van der Waals surface area contributed by atoms with Crippen LogP contribution in [0, 0.1) is 5.92 Å². The highest BCUT2D eigenvalue weighted by Gasteiger charge is 2.31. The van der Waals surface area contributed by atoms with Crippen LogP contribution in [-0.2, 0) is 4.74 Å². The summed E-state index contributed by atoms with van der Waals surface area (Å²) in [5, 5.41) is 7.31. The molecular weight excluding hydrogens is 330 g/mol. The molecule has 2 saturated heterocycles. The summed E-state index contributed by atoms with van der Waals surface area (Å²) in [6.45, 7) is 2.96. The van der Waals surface area contributed by atoms with Crippen molar-refractivity contribution in [3.8, 4) is 0 Å². The van der Waals surface area contributed by atoms with Gasteiger partial charge in [-0.3, -0.25) is 0 Å². The summed E-state index contributed by atoms with van der Waals surface area (Å²) in [5.41, 5.74) is 2.14. The van der Waals surface area contributed by atoms with Crippen LogP contribution in [0.25, 0.3) is 0 Å². The highest BCUT2D eigenvalue weighted by atomic mass is 16.5. The highest BCUT2D eigenvalue weighted by Crippen LogP contribution is 2.30. The van der Waals surface area contributed by atoms with Crippen molar-refractivity contribution in [1.29, 1.82) is 0 Å². The SMILES string of the molecule is O=C(NC(c1ccccc1)C1CCOC1)N1CCC(c2ccon2)CC1. The molecule has 2 fully saturated rings. The van der Waals surface area contributed by atoms with E-state index in [9.17, 15) is 4.79 Å². The van der Waals surface area contributed by atoms with Gasteiger partial charge in [-0.05, 0) is 24.8 Å². The molecule has 0 radical (unpaired) electrons. The second-order valence-electron chi connectivity index (χ2n) is 7.15. The molecule has 0 spiro atoms. The molecule has 2 aromatic rings. The first kappa shape index (κ1) is 17.1. The Hall–Kier alpha value is -2.34. The highest BCUT2D eigenvalue weighted by molar-refractivity contribution is 5.75. The Labute approximate surface area is 153 Å². The second kappa shape index (κ2) is 7.91. The molecule has 2 aliphatic heterocycles. The first-order valence-corrected chi connectivity index (χ1v) is 9.39. The third kappa shape index (κ3) is 3.75. The van der Waals surface area contributed by atoms with Crippen LogP contribution in [0.3, 0.4) is 0 Å². The number of carbonyl (C=O) groups excluding carboxylic acids is 1. The molecule has 2 unspecified atom stereocenters. The minimum atomic E-state index is -0.000496. The molecule has 1 aromatic heterocycles. The predicted molar refractivity (Wildman–Crippen MR) is 96.7 cm³/mol. The van der Waals surface area contributed by atoms with Crippen LogP contribution in [0.4, 0.5) is 4.79 Å². The molecule has 6 heteroatoms. The standard InChI is InChI=1S/C20H25N3O3/c24-20(23-10-6-15(7-11-23)18-9-13-26-22-18)21-19(17-8-12-25-14-17)16-4-2-1-3-5-16/h1-5,9,13,15,17,19H,6-8,10-12,14H2,(H,21,24). The molecule has 26 heavy (non-hydrogen) atoms. The lowest BCUT2D eigenvalue weighted by Crippen LogP contribution is -2.46. The zero-order chi connectivity index (χ0) is 17.8. The van der Waals surface area contributed by atoms with Crippen LogP contribution in [0.1, 0.15) is 42.5 Å². The van der Waals surface area contributed by atoms with Crippen molar-refractivity contribution >= 4 is 6.03 Å². The van der Waals surface area contributed by atoms with Crippen molar-refractivity contribution in [2.45, 2.75) is 31.2 Å². The van der Waals surface area contributed by atoms with Crippen molar-refractivity contribution in [3.63, 3.8) is 0 Å². The van der Waals surface area contributed by atoms with Gasteiger partial charge in [0.05, 0.1) is 18.3 Å². The largest absolute Gasteiger partial charge is 0.381 e. The zero-order valence-corrected chi connectivity index (χ0v) is 14.8. The zero-order valence-electron chi connectivity index (χ0n) is 14.8. The van der Waals surface area contributed by atoms with Crippen LogP contribution < -0.4 is 5.32 Å². The van der Waals surface area contributed by atoms with E-state index in [1.165, 1.54) is 0 Å². The molecule has 0 aliphatic carbocycles.